The summed E-state index contributed by atoms with van der Waals surface area (Å²) in [5.74, 6) is -3.03. The first-order chi connectivity index (χ1) is 10.8. The normalized spacial score (nSPS) is 40.0. The minimum atomic E-state index is -1.24. The summed E-state index contributed by atoms with van der Waals surface area (Å²) in [7, 11) is 0. The SMILES string of the molecule is C=C(C)C(=O)OCC(=O)OC1C2OC(O)C3CC1(C(=O)O)CC32. The monoisotopic (exact) mass is 326 g/mol. The van der Waals surface area contributed by atoms with Crippen LogP contribution in [0.25, 0.3) is 0 Å². The van der Waals surface area contributed by atoms with Crippen LogP contribution in [0.5, 0.6) is 0 Å². The van der Waals surface area contributed by atoms with E-state index in [1.807, 2.05) is 0 Å². The van der Waals surface area contributed by atoms with Gasteiger partial charge >= 0.3 is 17.9 Å². The third-order valence-electron chi connectivity index (χ3n) is 5.03. The fraction of sp³-hybridized carbons (Fsp3) is 0.667. The number of rotatable bonds is 5. The zero-order valence-corrected chi connectivity index (χ0v) is 12.6. The molecule has 3 aliphatic rings. The number of aliphatic hydroxyl groups is 1. The van der Waals surface area contributed by atoms with Gasteiger partial charge in [0, 0.05) is 11.5 Å². The first-order valence-corrected chi connectivity index (χ1v) is 7.35. The molecule has 3 fully saturated rings. The Kier molecular flexibility index (Phi) is 3.68. The van der Waals surface area contributed by atoms with Gasteiger partial charge in [-0.05, 0) is 25.7 Å². The Labute approximate surface area is 132 Å². The van der Waals surface area contributed by atoms with Gasteiger partial charge in [0.15, 0.2) is 12.9 Å². The lowest BCUT2D eigenvalue weighted by atomic mass is 9.77. The average molecular weight is 326 g/mol. The highest BCUT2D eigenvalue weighted by atomic mass is 16.6. The molecule has 2 N–H and O–H groups in total. The number of aliphatic hydroxyl groups excluding tert-OH is 1. The Hall–Kier alpha value is -1.93. The molecule has 126 valence electrons. The lowest BCUT2D eigenvalue weighted by molar-refractivity contribution is -0.182. The fourth-order valence-electron chi connectivity index (χ4n) is 4.00. The van der Waals surface area contributed by atoms with Crippen LogP contribution in [0.3, 0.4) is 0 Å². The van der Waals surface area contributed by atoms with Crippen LogP contribution in [0, 0.1) is 17.3 Å². The molecule has 0 spiro atoms. The van der Waals surface area contributed by atoms with Crippen LogP contribution in [0.15, 0.2) is 12.2 Å². The lowest BCUT2D eigenvalue weighted by Gasteiger charge is -2.32. The molecule has 6 unspecified atom stereocenters. The summed E-state index contributed by atoms with van der Waals surface area (Å²) < 4.78 is 15.3. The Morgan fingerprint density at radius 2 is 1.96 bits per heavy atom. The summed E-state index contributed by atoms with van der Waals surface area (Å²) in [5, 5.41) is 19.4. The number of ether oxygens (including phenoxy) is 3. The van der Waals surface area contributed by atoms with Gasteiger partial charge in [-0.1, -0.05) is 6.58 Å². The molecule has 2 bridgehead atoms. The minimum Gasteiger partial charge on any atom is -0.481 e. The second-order valence-corrected chi connectivity index (χ2v) is 6.46. The minimum absolute atomic E-state index is 0.142. The predicted octanol–water partition coefficient (Wildman–Crippen LogP) is -0.154. The van der Waals surface area contributed by atoms with E-state index in [-0.39, 0.29) is 23.8 Å². The highest BCUT2D eigenvalue weighted by molar-refractivity contribution is 5.88. The summed E-state index contributed by atoms with van der Waals surface area (Å²) >= 11 is 0. The smallest absolute Gasteiger partial charge is 0.344 e. The Bertz CT molecular complexity index is 584. The molecule has 23 heavy (non-hydrogen) atoms. The number of carbonyl (C=O) groups excluding carboxylic acids is 2. The maximum Gasteiger partial charge on any atom is 0.344 e. The van der Waals surface area contributed by atoms with Gasteiger partial charge < -0.3 is 24.4 Å². The molecule has 8 nitrogen and oxygen atoms in total. The Balaban J connectivity index is 1.69. The third kappa shape index (κ3) is 2.33. The van der Waals surface area contributed by atoms with Crippen molar-refractivity contribution >= 4 is 17.9 Å². The zero-order chi connectivity index (χ0) is 16.9. The van der Waals surface area contributed by atoms with Crippen molar-refractivity contribution in [1.29, 1.82) is 0 Å². The number of aliphatic carboxylic acids is 1. The van der Waals surface area contributed by atoms with Crippen molar-refractivity contribution in [2.45, 2.75) is 38.3 Å². The summed E-state index contributed by atoms with van der Waals surface area (Å²) in [6.45, 7) is 4.21. The van der Waals surface area contributed by atoms with Crippen molar-refractivity contribution in [3.63, 3.8) is 0 Å². The third-order valence-corrected chi connectivity index (χ3v) is 5.03. The first-order valence-electron chi connectivity index (χ1n) is 7.35. The molecule has 0 amide bonds. The van der Waals surface area contributed by atoms with Crippen molar-refractivity contribution in [2.75, 3.05) is 6.61 Å². The van der Waals surface area contributed by atoms with Crippen LogP contribution in [-0.2, 0) is 28.6 Å². The topological polar surface area (TPSA) is 119 Å². The summed E-state index contributed by atoms with van der Waals surface area (Å²) in [6.07, 6.45) is -2.15. The van der Waals surface area contributed by atoms with Gasteiger partial charge in [0.2, 0.25) is 0 Å². The van der Waals surface area contributed by atoms with E-state index in [4.69, 9.17) is 14.2 Å². The van der Waals surface area contributed by atoms with Gasteiger partial charge in [-0.15, -0.1) is 0 Å². The van der Waals surface area contributed by atoms with E-state index in [1.54, 1.807) is 0 Å². The van der Waals surface area contributed by atoms with Gasteiger partial charge in [0.05, 0.1) is 0 Å². The molecule has 0 aromatic rings. The van der Waals surface area contributed by atoms with Gasteiger partial charge in [-0.3, -0.25) is 4.79 Å². The molecule has 0 radical (unpaired) electrons. The van der Waals surface area contributed by atoms with Gasteiger partial charge in [-0.2, -0.15) is 0 Å². The van der Waals surface area contributed by atoms with Crippen LogP contribution >= 0.6 is 0 Å². The zero-order valence-electron chi connectivity index (χ0n) is 12.6. The molecule has 1 heterocycles. The van der Waals surface area contributed by atoms with Crippen molar-refractivity contribution < 1.29 is 38.8 Å². The molecule has 1 aliphatic heterocycles. The van der Waals surface area contributed by atoms with E-state index < -0.39 is 48.4 Å². The van der Waals surface area contributed by atoms with Crippen molar-refractivity contribution in [2.24, 2.45) is 17.3 Å². The molecule has 3 rings (SSSR count). The molecule has 1 saturated heterocycles. The molecule has 0 aromatic heterocycles. The maximum atomic E-state index is 11.9. The summed E-state index contributed by atoms with van der Waals surface area (Å²) in [5.41, 5.74) is -1.10. The van der Waals surface area contributed by atoms with Crippen LogP contribution < -0.4 is 0 Å². The fourth-order valence-corrected chi connectivity index (χ4v) is 4.00. The number of fused-ring (bicyclic) bond motifs is 1. The predicted molar refractivity (Wildman–Crippen MR) is 72.8 cm³/mol. The second kappa shape index (κ2) is 5.31. The van der Waals surface area contributed by atoms with Gasteiger partial charge in [0.25, 0.3) is 0 Å². The van der Waals surface area contributed by atoms with Crippen LogP contribution in [0.1, 0.15) is 19.8 Å². The van der Waals surface area contributed by atoms with Crippen LogP contribution in [0.2, 0.25) is 0 Å². The average Bonchev–Trinajstić information content (AvgIpc) is 3.06. The van der Waals surface area contributed by atoms with E-state index in [0.717, 1.165) is 0 Å². The van der Waals surface area contributed by atoms with Crippen molar-refractivity contribution in [3.8, 4) is 0 Å². The van der Waals surface area contributed by atoms with Crippen molar-refractivity contribution in [3.05, 3.63) is 12.2 Å². The van der Waals surface area contributed by atoms with Crippen molar-refractivity contribution in [1.82, 2.24) is 0 Å². The van der Waals surface area contributed by atoms with E-state index in [0.29, 0.717) is 6.42 Å². The summed E-state index contributed by atoms with van der Waals surface area (Å²) in [6, 6.07) is 0. The number of carboxylic acids is 1. The number of hydrogen-bond acceptors (Lipinski definition) is 7. The Morgan fingerprint density at radius 3 is 2.57 bits per heavy atom. The van der Waals surface area contributed by atoms with E-state index >= 15 is 0 Å². The van der Waals surface area contributed by atoms with E-state index in [1.165, 1.54) is 6.92 Å². The first kappa shape index (κ1) is 15.9. The molecule has 6 atom stereocenters. The second-order valence-electron chi connectivity index (χ2n) is 6.46. The number of hydrogen-bond donors (Lipinski definition) is 2. The number of esters is 2. The molecule has 2 saturated carbocycles. The molecular weight excluding hydrogens is 308 g/mol. The molecule has 2 aliphatic carbocycles. The summed E-state index contributed by atoms with van der Waals surface area (Å²) in [4.78, 5) is 34.9. The van der Waals surface area contributed by atoms with Gasteiger partial charge in [0.1, 0.15) is 17.6 Å². The Morgan fingerprint density at radius 1 is 1.30 bits per heavy atom. The quantitative estimate of drug-likeness (QED) is 0.528. The number of carboxylic acid groups (broad SMARTS) is 1. The van der Waals surface area contributed by atoms with Crippen LogP contribution in [0.4, 0.5) is 0 Å². The lowest BCUT2D eigenvalue weighted by Crippen LogP contribution is -2.47. The largest absolute Gasteiger partial charge is 0.481 e. The van der Waals surface area contributed by atoms with E-state index in [2.05, 4.69) is 6.58 Å². The van der Waals surface area contributed by atoms with Crippen LogP contribution in [-0.4, -0.2) is 53.2 Å². The maximum absolute atomic E-state index is 11.9. The van der Waals surface area contributed by atoms with Gasteiger partial charge in [-0.25, -0.2) is 9.59 Å². The molecule has 0 aromatic carbocycles. The molecule has 8 heteroatoms. The van der Waals surface area contributed by atoms with E-state index in [9.17, 15) is 24.6 Å². The molecular formula is C15H18O8. The highest BCUT2D eigenvalue weighted by Gasteiger charge is 2.72. The number of carbonyl (C=O) groups is 3. The highest BCUT2D eigenvalue weighted by Crippen LogP contribution is 2.63. The standard InChI is InChI=1S/C15H18O8/c1-6(2)12(17)21-5-9(16)22-11-10-7-3-15(11,14(19)20)4-8(7)13(18)23-10/h7-8,10-11,13,18H,1,3-5H2,2H3,(H,19,20).